The highest BCUT2D eigenvalue weighted by Gasteiger charge is 2.14. The number of nitrogens with one attached hydrogen (secondary N) is 3. The van der Waals surface area contributed by atoms with E-state index in [4.69, 9.17) is 0 Å². The Labute approximate surface area is 151 Å². The Balaban J connectivity index is 1.83. The Morgan fingerprint density at radius 2 is 2.12 bits per heavy atom. The van der Waals surface area contributed by atoms with Crippen LogP contribution in [0.1, 0.15) is 55.5 Å². The normalized spacial score (nSPS) is 17.4. The number of anilines is 1. The summed E-state index contributed by atoms with van der Waals surface area (Å²) < 4.78 is 0. The van der Waals surface area contributed by atoms with E-state index >= 15 is 0 Å². The fourth-order valence-corrected chi connectivity index (χ4v) is 3.18. The van der Waals surface area contributed by atoms with Crippen molar-refractivity contribution < 1.29 is 9.59 Å². The molecule has 1 aliphatic heterocycles. The van der Waals surface area contributed by atoms with Gasteiger partial charge in [0.25, 0.3) is 5.91 Å². The number of piperidine rings is 1. The van der Waals surface area contributed by atoms with E-state index in [1.165, 1.54) is 12.8 Å². The van der Waals surface area contributed by atoms with Gasteiger partial charge in [0.2, 0.25) is 5.91 Å². The largest absolute Gasteiger partial charge is 0.352 e. The first-order valence-corrected chi connectivity index (χ1v) is 9.35. The van der Waals surface area contributed by atoms with Crippen LogP contribution in [0.4, 0.5) is 5.69 Å². The summed E-state index contributed by atoms with van der Waals surface area (Å²) in [5, 5.41) is 9.32. The Hall–Kier alpha value is -1.88. The summed E-state index contributed by atoms with van der Waals surface area (Å²) in [5.74, 6) is 0.947. The van der Waals surface area contributed by atoms with Gasteiger partial charge in [-0.1, -0.05) is 13.8 Å². The van der Waals surface area contributed by atoms with E-state index in [9.17, 15) is 9.59 Å². The highest BCUT2D eigenvalue weighted by molar-refractivity contribution is 5.96. The highest BCUT2D eigenvalue weighted by Crippen LogP contribution is 2.18. The van der Waals surface area contributed by atoms with Crippen LogP contribution in [-0.4, -0.2) is 31.4 Å². The molecule has 5 nitrogen and oxygen atoms in total. The monoisotopic (exact) mass is 345 g/mol. The zero-order chi connectivity index (χ0) is 18.2. The van der Waals surface area contributed by atoms with Crippen LogP contribution < -0.4 is 16.0 Å². The molecule has 3 N–H and O–H groups in total. The minimum atomic E-state index is -0.0491. The van der Waals surface area contributed by atoms with Gasteiger partial charge in [-0.2, -0.15) is 0 Å². The molecular weight excluding hydrogens is 314 g/mol. The summed E-state index contributed by atoms with van der Waals surface area (Å²) >= 11 is 0. The van der Waals surface area contributed by atoms with E-state index in [0.29, 0.717) is 30.4 Å². The smallest absolute Gasteiger partial charge is 0.251 e. The molecule has 0 radical (unpaired) electrons. The Kier molecular flexibility index (Phi) is 7.44. The average Bonchev–Trinajstić information content (AvgIpc) is 2.57. The lowest BCUT2D eigenvalue weighted by Gasteiger charge is -2.22. The van der Waals surface area contributed by atoms with E-state index in [-0.39, 0.29) is 11.8 Å². The second-order valence-electron chi connectivity index (χ2n) is 7.43. The van der Waals surface area contributed by atoms with E-state index < -0.39 is 0 Å². The van der Waals surface area contributed by atoms with Crippen molar-refractivity contribution in [3.05, 3.63) is 29.3 Å². The summed E-state index contributed by atoms with van der Waals surface area (Å²) in [7, 11) is 0. The number of carbonyl (C=O) groups excluding carboxylic acids is 2. The van der Waals surface area contributed by atoms with Gasteiger partial charge in [-0.15, -0.1) is 0 Å². The van der Waals surface area contributed by atoms with Crippen molar-refractivity contribution in [1.29, 1.82) is 0 Å². The van der Waals surface area contributed by atoms with Crippen molar-refractivity contribution in [3.8, 4) is 0 Å². The zero-order valence-corrected chi connectivity index (χ0v) is 15.7. The van der Waals surface area contributed by atoms with E-state index in [2.05, 4.69) is 16.0 Å². The topological polar surface area (TPSA) is 70.2 Å². The molecule has 0 bridgehead atoms. The van der Waals surface area contributed by atoms with Crippen LogP contribution >= 0.6 is 0 Å². The minimum Gasteiger partial charge on any atom is -0.352 e. The van der Waals surface area contributed by atoms with Gasteiger partial charge in [0.1, 0.15) is 0 Å². The molecule has 138 valence electrons. The van der Waals surface area contributed by atoms with Gasteiger partial charge in [-0.25, -0.2) is 0 Å². The standard InChI is InChI=1S/C20H31N3O2/c1-14(2)11-19(24)23-18-7-6-17(12-15(18)3)20(25)22-10-8-16-5-4-9-21-13-16/h6-7,12,14,16,21H,4-5,8-11,13H2,1-3H3,(H,22,25)(H,23,24). The van der Waals surface area contributed by atoms with E-state index in [1.54, 1.807) is 6.07 Å². The third-order valence-corrected chi connectivity index (χ3v) is 4.59. The molecule has 1 heterocycles. The van der Waals surface area contributed by atoms with Crippen molar-refractivity contribution in [1.82, 2.24) is 10.6 Å². The van der Waals surface area contributed by atoms with Gasteiger partial charge in [0.15, 0.2) is 0 Å². The Morgan fingerprint density at radius 3 is 2.76 bits per heavy atom. The maximum Gasteiger partial charge on any atom is 0.251 e. The summed E-state index contributed by atoms with van der Waals surface area (Å²) in [4.78, 5) is 24.2. The summed E-state index contributed by atoms with van der Waals surface area (Å²) in [6.45, 7) is 8.82. The maximum atomic E-state index is 12.3. The second kappa shape index (κ2) is 9.56. The lowest BCUT2D eigenvalue weighted by molar-refractivity contribution is -0.116. The molecule has 0 aromatic heterocycles. The van der Waals surface area contributed by atoms with Crippen molar-refractivity contribution in [2.45, 2.75) is 46.5 Å². The molecule has 1 saturated heterocycles. The number of hydrogen-bond donors (Lipinski definition) is 3. The SMILES string of the molecule is Cc1cc(C(=O)NCCC2CCCNC2)ccc1NC(=O)CC(C)C. The van der Waals surface area contributed by atoms with Crippen LogP contribution in [0.2, 0.25) is 0 Å². The number of carbonyl (C=O) groups is 2. The van der Waals surface area contributed by atoms with Gasteiger partial charge < -0.3 is 16.0 Å². The number of hydrogen-bond acceptors (Lipinski definition) is 3. The van der Waals surface area contributed by atoms with Crippen LogP contribution in [0.3, 0.4) is 0 Å². The molecule has 1 aliphatic rings. The molecule has 1 unspecified atom stereocenters. The first-order valence-electron chi connectivity index (χ1n) is 9.35. The summed E-state index contributed by atoms with van der Waals surface area (Å²) in [6.07, 6.45) is 3.98. The molecule has 25 heavy (non-hydrogen) atoms. The Bertz CT molecular complexity index is 593. The van der Waals surface area contributed by atoms with E-state index in [0.717, 1.165) is 30.8 Å². The third kappa shape index (κ3) is 6.50. The van der Waals surface area contributed by atoms with E-state index in [1.807, 2.05) is 32.9 Å². The predicted molar refractivity (Wildman–Crippen MR) is 102 cm³/mol. The van der Waals surface area contributed by atoms with Crippen molar-refractivity contribution in [2.24, 2.45) is 11.8 Å². The number of benzene rings is 1. The van der Waals surface area contributed by atoms with Crippen molar-refractivity contribution in [2.75, 3.05) is 25.0 Å². The average molecular weight is 345 g/mol. The van der Waals surface area contributed by atoms with Gasteiger partial charge in [0.05, 0.1) is 0 Å². The molecule has 1 aromatic carbocycles. The van der Waals surface area contributed by atoms with Crippen LogP contribution in [0, 0.1) is 18.8 Å². The van der Waals surface area contributed by atoms with Crippen LogP contribution in [0.5, 0.6) is 0 Å². The number of amides is 2. The number of rotatable bonds is 7. The maximum absolute atomic E-state index is 12.3. The predicted octanol–water partition coefficient (Wildman–Crippen LogP) is 3.10. The third-order valence-electron chi connectivity index (χ3n) is 4.59. The quantitative estimate of drug-likeness (QED) is 0.711. The molecule has 1 atom stereocenters. The first-order chi connectivity index (χ1) is 12.0. The summed E-state index contributed by atoms with van der Waals surface area (Å²) in [5.41, 5.74) is 2.32. The highest BCUT2D eigenvalue weighted by atomic mass is 16.2. The fraction of sp³-hybridized carbons (Fsp3) is 0.600. The van der Waals surface area contributed by atoms with Crippen LogP contribution in [0.25, 0.3) is 0 Å². The summed E-state index contributed by atoms with van der Waals surface area (Å²) in [6, 6.07) is 5.42. The lowest BCUT2D eigenvalue weighted by Crippen LogP contribution is -2.33. The van der Waals surface area contributed by atoms with Gasteiger partial charge >= 0.3 is 0 Å². The molecule has 2 amide bonds. The van der Waals surface area contributed by atoms with Gasteiger partial charge in [-0.05, 0) is 74.9 Å². The molecular formula is C20H31N3O2. The molecule has 5 heteroatoms. The molecule has 0 saturated carbocycles. The molecule has 0 spiro atoms. The minimum absolute atomic E-state index is 0.0105. The molecule has 0 aliphatic carbocycles. The first kappa shape index (κ1) is 19.4. The Morgan fingerprint density at radius 1 is 1.32 bits per heavy atom. The van der Waals surface area contributed by atoms with Crippen molar-refractivity contribution in [3.63, 3.8) is 0 Å². The van der Waals surface area contributed by atoms with Crippen molar-refractivity contribution >= 4 is 17.5 Å². The van der Waals surface area contributed by atoms with Gasteiger partial charge in [0, 0.05) is 24.2 Å². The fourth-order valence-electron chi connectivity index (χ4n) is 3.18. The second-order valence-corrected chi connectivity index (χ2v) is 7.43. The number of aryl methyl sites for hydroxylation is 1. The van der Waals surface area contributed by atoms with Crippen LogP contribution in [-0.2, 0) is 4.79 Å². The molecule has 2 rings (SSSR count). The van der Waals surface area contributed by atoms with Crippen LogP contribution in [0.15, 0.2) is 18.2 Å². The van der Waals surface area contributed by atoms with Gasteiger partial charge in [-0.3, -0.25) is 9.59 Å². The molecule has 1 aromatic rings. The lowest BCUT2D eigenvalue weighted by atomic mass is 9.96. The zero-order valence-electron chi connectivity index (χ0n) is 15.7. The molecule has 1 fully saturated rings.